The van der Waals surface area contributed by atoms with Crippen LogP contribution in [0.15, 0.2) is 42.5 Å². The summed E-state index contributed by atoms with van der Waals surface area (Å²) in [6, 6.07) is 10.3. The van der Waals surface area contributed by atoms with E-state index < -0.39 is 0 Å². The summed E-state index contributed by atoms with van der Waals surface area (Å²) >= 11 is 0. The molecule has 0 saturated carbocycles. The summed E-state index contributed by atoms with van der Waals surface area (Å²) < 4.78 is 25.8. The molecule has 3 nitrogen and oxygen atoms in total. The second kappa shape index (κ2) is 6.83. The van der Waals surface area contributed by atoms with Gasteiger partial charge in [-0.2, -0.15) is 0 Å². The molecule has 5 heteroatoms. The third-order valence-corrected chi connectivity index (χ3v) is 3.04. The van der Waals surface area contributed by atoms with E-state index in [0.29, 0.717) is 12.2 Å². The third-order valence-electron chi connectivity index (χ3n) is 3.04. The zero-order valence-corrected chi connectivity index (χ0v) is 11.6. The molecule has 0 saturated heterocycles. The van der Waals surface area contributed by atoms with Crippen LogP contribution >= 0.6 is 0 Å². The van der Waals surface area contributed by atoms with Gasteiger partial charge in [0.2, 0.25) is 5.91 Å². The fourth-order valence-electron chi connectivity index (χ4n) is 1.83. The first-order valence-corrected chi connectivity index (χ1v) is 6.56. The fraction of sp³-hybridized carbons (Fsp3) is 0.188. The van der Waals surface area contributed by atoms with Gasteiger partial charge in [0.15, 0.2) is 0 Å². The van der Waals surface area contributed by atoms with E-state index >= 15 is 0 Å². The highest BCUT2D eigenvalue weighted by atomic mass is 19.1. The Balaban J connectivity index is 1.82. The van der Waals surface area contributed by atoms with Crippen LogP contribution < -0.4 is 10.6 Å². The standard InChI is InChI=1S/C16H16F2N2O/c1-11-2-5-14(18)8-15(11)19-10-16(21)20-9-12-3-6-13(17)7-4-12/h2-8,19H,9-10H2,1H3,(H,20,21). The molecule has 2 N–H and O–H groups in total. The second-order valence-electron chi connectivity index (χ2n) is 4.72. The Morgan fingerprint density at radius 2 is 1.71 bits per heavy atom. The summed E-state index contributed by atoms with van der Waals surface area (Å²) in [5, 5.41) is 5.59. The number of carbonyl (C=O) groups is 1. The molecule has 0 radical (unpaired) electrons. The SMILES string of the molecule is Cc1ccc(F)cc1NCC(=O)NCc1ccc(F)cc1. The molecule has 0 aliphatic heterocycles. The van der Waals surface area contributed by atoms with Gasteiger partial charge in [0.25, 0.3) is 0 Å². The van der Waals surface area contributed by atoms with Crippen LogP contribution in [0.4, 0.5) is 14.5 Å². The second-order valence-corrected chi connectivity index (χ2v) is 4.72. The lowest BCUT2D eigenvalue weighted by molar-refractivity contribution is -0.119. The van der Waals surface area contributed by atoms with Gasteiger partial charge in [-0.25, -0.2) is 8.78 Å². The number of benzene rings is 2. The lowest BCUT2D eigenvalue weighted by Gasteiger charge is -2.10. The maximum atomic E-state index is 13.1. The Kier molecular flexibility index (Phi) is 4.87. The van der Waals surface area contributed by atoms with Crippen molar-refractivity contribution in [1.82, 2.24) is 5.32 Å². The van der Waals surface area contributed by atoms with Crippen LogP contribution in [-0.2, 0) is 11.3 Å². The van der Waals surface area contributed by atoms with E-state index in [1.54, 1.807) is 18.2 Å². The largest absolute Gasteiger partial charge is 0.376 e. The quantitative estimate of drug-likeness (QED) is 0.889. The molecule has 0 aliphatic carbocycles. The van der Waals surface area contributed by atoms with Crippen molar-refractivity contribution in [2.75, 3.05) is 11.9 Å². The van der Waals surface area contributed by atoms with Gasteiger partial charge in [0.1, 0.15) is 11.6 Å². The van der Waals surface area contributed by atoms with Gasteiger partial charge in [-0.05, 0) is 42.3 Å². The van der Waals surface area contributed by atoms with E-state index in [-0.39, 0.29) is 24.1 Å². The monoisotopic (exact) mass is 290 g/mol. The Morgan fingerprint density at radius 1 is 1.05 bits per heavy atom. The molecule has 0 aromatic heterocycles. The van der Waals surface area contributed by atoms with Gasteiger partial charge < -0.3 is 10.6 Å². The molecule has 0 aliphatic rings. The molecule has 1 amide bonds. The summed E-state index contributed by atoms with van der Waals surface area (Å²) in [5.41, 5.74) is 2.27. The normalized spacial score (nSPS) is 10.2. The van der Waals surface area contributed by atoms with E-state index in [1.807, 2.05) is 6.92 Å². The van der Waals surface area contributed by atoms with Crippen molar-refractivity contribution in [2.45, 2.75) is 13.5 Å². The number of halogens is 2. The number of nitrogens with one attached hydrogen (secondary N) is 2. The van der Waals surface area contributed by atoms with Crippen molar-refractivity contribution in [3.8, 4) is 0 Å². The third kappa shape index (κ3) is 4.56. The van der Waals surface area contributed by atoms with Gasteiger partial charge in [0, 0.05) is 12.2 Å². The van der Waals surface area contributed by atoms with Crippen molar-refractivity contribution in [2.24, 2.45) is 0 Å². The van der Waals surface area contributed by atoms with Crippen molar-refractivity contribution < 1.29 is 13.6 Å². The minimum atomic E-state index is -0.352. The minimum absolute atomic E-state index is 0.0471. The van der Waals surface area contributed by atoms with Crippen LogP contribution in [0, 0.1) is 18.6 Å². The number of hydrogen-bond acceptors (Lipinski definition) is 2. The number of amides is 1. The van der Waals surface area contributed by atoms with E-state index in [0.717, 1.165) is 11.1 Å². The van der Waals surface area contributed by atoms with Gasteiger partial charge in [-0.3, -0.25) is 4.79 Å². The number of hydrogen-bond donors (Lipinski definition) is 2. The Morgan fingerprint density at radius 3 is 2.43 bits per heavy atom. The van der Waals surface area contributed by atoms with E-state index in [2.05, 4.69) is 10.6 Å². The van der Waals surface area contributed by atoms with Crippen molar-refractivity contribution >= 4 is 11.6 Å². The Bertz CT molecular complexity index is 627. The number of rotatable bonds is 5. The van der Waals surface area contributed by atoms with Crippen LogP contribution in [0.1, 0.15) is 11.1 Å². The highest BCUT2D eigenvalue weighted by Gasteiger charge is 2.04. The summed E-state index contributed by atoms with van der Waals surface area (Å²) in [6.45, 7) is 2.20. The summed E-state index contributed by atoms with van der Waals surface area (Å²) in [6.07, 6.45) is 0. The first-order valence-electron chi connectivity index (χ1n) is 6.56. The number of carbonyl (C=O) groups excluding carboxylic acids is 1. The Labute approximate surface area is 122 Å². The Hall–Kier alpha value is -2.43. The van der Waals surface area contributed by atoms with Crippen LogP contribution in [-0.4, -0.2) is 12.5 Å². The number of anilines is 1. The van der Waals surface area contributed by atoms with Crippen LogP contribution in [0.5, 0.6) is 0 Å². The predicted molar refractivity (Wildman–Crippen MR) is 77.9 cm³/mol. The van der Waals surface area contributed by atoms with Gasteiger partial charge in [0.05, 0.1) is 6.54 Å². The molecule has 2 aromatic rings. The van der Waals surface area contributed by atoms with Crippen molar-refractivity contribution in [3.63, 3.8) is 0 Å². The first kappa shape index (κ1) is 15.0. The maximum Gasteiger partial charge on any atom is 0.239 e. The molecule has 0 bridgehead atoms. The van der Waals surface area contributed by atoms with Crippen molar-refractivity contribution in [3.05, 3.63) is 65.2 Å². The highest BCUT2D eigenvalue weighted by molar-refractivity contribution is 5.80. The predicted octanol–water partition coefficient (Wildman–Crippen LogP) is 3.00. The molecule has 0 atom stereocenters. The van der Waals surface area contributed by atoms with E-state index in [9.17, 15) is 13.6 Å². The molecule has 110 valence electrons. The highest BCUT2D eigenvalue weighted by Crippen LogP contribution is 2.15. The van der Waals surface area contributed by atoms with Crippen molar-refractivity contribution in [1.29, 1.82) is 0 Å². The number of aryl methyl sites for hydroxylation is 1. The first-order chi connectivity index (χ1) is 10.0. The van der Waals surface area contributed by atoms with E-state index in [1.165, 1.54) is 24.3 Å². The maximum absolute atomic E-state index is 13.1. The molecular formula is C16H16F2N2O. The molecule has 0 spiro atoms. The molecular weight excluding hydrogens is 274 g/mol. The minimum Gasteiger partial charge on any atom is -0.376 e. The average Bonchev–Trinajstić information content (AvgIpc) is 2.47. The zero-order chi connectivity index (χ0) is 15.2. The fourth-order valence-corrected chi connectivity index (χ4v) is 1.83. The molecule has 21 heavy (non-hydrogen) atoms. The summed E-state index contributed by atoms with van der Waals surface area (Å²) in [7, 11) is 0. The molecule has 2 aromatic carbocycles. The molecule has 2 rings (SSSR count). The van der Waals surface area contributed by atoms with Crippen LogP contribution in [0.2, 0.25) is 0 Å². The van der Waals surface area contributed by atoms with Gasteiger partial charge in [-0.1, -0.05) is 18.2 Å². The summed E-state index contributed by atoms with van der Waals surface area (Å²) in [5.74, 6) is -0.883. The molecule has 0 unspecified atom stereocenters. The van der Waals surface area contributed by atoms with Gasteiger partial charge >= 0.3 is 0 Å². The lowest BCUT2D eigenvalue weighted by Crippen LogP contribution is -2.29. The molecule has 0 heterocycles. The topological polar surface area (TPSA) is 41.1 Å². The molecule has 0 fully saturated rings. The van der Waals surface area contributed by atoms with Crippen LogP contribution in [0.3, 0.4) is 0 Å². The summed E-state index contributed by atoms with van der Waals surface area (Å²) in [4.78, 5) is 11.7. The van der Waals surface area contributed by atoms with E-state index in [4.69, 9.17) is 0 Å². The van der Waals surface area contributed by atoms with Gasteiger partial charge in [-0.15, -0.1) is 0 Å². The zero-order valence-electron chi connectivity index (χ0n) is 11.6. The lowest BCUT2D eigenvalue weighted by atomic mass is 10.2. The van der Waals surface area contributed by atoms with Crippen LogP contribution in [0.25, 0.3) is 0 Å². The average molecular weight is 290 g/mol. The smallest absolute Gasteiger partial charge is 0.239 e.